The average Bonchev–Trinajstić information content (AvgIpc) is 2.23. The van der Waals surface area contributed by atoms with Gasteiger partial charge in [-0.25, -0.2) is 9.78 Å². The minimum Gasteiger partial charge on any atom is -0.478 e. The molecule has 0 atom stereocenters. The molecule has 0 unspecified atom stereocenters. The third-order valence-corrected chi connectivity index (χ3v) is 2.09. The van der Waals surface area contributed by atoms with Gasteiger partial charge in [0.2, 0.25) is 0 Å². The van der Waals surface area contributed by atoms with Crippen LogP contribution in [0.4, 0.5) is 5.82 Å². The fraction of sp³-hybridized carbons (Fsp3) is 0.455. The molecule has 0 amide bonds. The Hall–Kier alpha value is -1.62. The van der Waals surface area contributed by atoms with Crippen molar-refractivity contribution in [3.63, 3.8) is 0 Å². The number of aliphatic hydroxyl groups excluding tert-OH is 1. The number of carboxylic acid groups (broad SMARTS) is 1. The molecule has 5 heteroatoms. The Bertz CT molecular complexity index is 366. The first-order valence-electron chi connectivity index (χ1n) is 5.20. The molecule has 88 valence electrons. The first-order valence-corrected chi connectivity index (χ1v) is 5.20. The number of rotatable bonds is 6. The summed E-state index contributed by atoms with van der Waals surface area (Å²) in [4.78, 5) is 15.0. The van der Waals surface area contributed by atoms with Gasteiger partial charge in [0.05, 0.1) is 5.56 Å². The Labute approximate surface area is 94.1 Å². The Morgan fingerprint density at radius 2 is 2.19 bits per heavy atom. The van der Waals surface area contributed by atoms with E-state index in [-0.39, 0.29) is 12.2 Å². The zero-order valence-corrected chi connectivity index (χ0v) is 9.23. The van der Waals surface area contributed by atoms with E-state index in [0.717, 1.165) is 12.8 Å². The summed E-state index contributed by atoms with van der Waals surface area (Å²) in [5.74, 6) is -0.390. The predicted molar refractivity (Wildman–Crippen MR) is 60.7 cm³/mol. The highest BCUT2D eigenvalue weighted by atomic mass is 16.4. The lowest BCUT2D eigenvalue weighted by Crippen LogP contribution is -2.07. The molecule has 0 fully saturated rings. The minimum absolute atomic E-state index is 0.170. The molecule has 0 saturated heterocycles. The molecule has 0 spiro atoms. The van der Waals surface area contributed by atoms with Crippen molar-refractivity contribution in [2.75, 3.05) is 18.5 Å². The standard InChI is InChI=1S/C11H16N2O3/c1-8-6-9(11(15)16)7-10(13-8)12-4-2-3-5-14/h6-7,14H,2-5H2,1H3,(H,12,13)(H,15,16). The van der Waals surface area contributed by atoms with Gasteiger partial charge in [-0.15, -0.1) is 0 Å². The molecule has 16 heavy (non-hydrogen) atoms. The van der Waals surface area contributed by atoms with Gasteiger partial charge >= 0.3 is 5.97 Å². The molecule has 1 aromatic rings. The summed E-state index contributed by atoms with van der Waals surface area (Å²) < 4.78 is 0. The molecule has 0 bridgehead atoms. The maximum atomic E-state index is 10.8. The molecule has 1 heterocycles. The van der Waals surface area contributed by atoms with Crippen molar-refractivity contribution >= 4 is 11.8 Å². The third kappa shape index (κ3) is 3.86. The fourth-order valence-corrected chi connectivity index (χ4v) is 1.34. The molecular weight excluding hydrogens is 208 g/mol. The van der Waals surface area contributed by atoms with Crippen LogP contribution in [0.5, 0.6) is 0 Å². The monoisotopic (exact) mass is 224 g/mol. The molecule has 0 aliphatic heterocycles. The largest absolute Gasteiger partial charge is 0.478 e. The van der Waals surface area contributed by atoms with Crippen LogP contribution in [0.2, 0.25) is 0 Å². The number of carbonyl (C=O) groups is 1. The van der Waals surface area contributed by atoms with E-state index in [1.807, 2.05) is 0 Å². The van der Waals surface area contributed by atoms with Gasteiger partial charge in [0.15, 0.2) is 0 Å². The lowest BCUT2D eigenvalue weighted by atomic mass is 10.2. The molecule has 0 aliphatic carbocycles. The van der Waals surface area contributed by atoms with Gasteiger partial charge < -0.3 is 15.5 Å². The molecule has 0 aromatic carbocycles. The maximum Gasteiger partial charge on any atom is 0.335 e. The number of aliphatic hydroxyl groups is 1. The zero-order valence-electron chi connectivity index (χ0n) is 9.23. The van der Waals surface area contributed by atoms with Gasteiger partial charge in [-0.1, -0.05) is 0 Å². The topological polar surface area (TPSA) is 82.5 Å². The first kappa shape index (κ1) is 12.4. The van der Waals surface area contributed by atoms with Crippen LogP contribution in [-0.4, -0.2) is 34.3 Å². The van der Waals surface area contributed by atoms with Crippen LogP contribution in [0.25, 0.3) is 0 Å². The van der Waals surface area contributed by atoms with Crippen LogP contribution >= 0.6 is 0 Å². The van der Waals surface area contributed by atoms with Crippen molar-refractivity contribution in [2.24, 2.45) is 0 Å². The van der Waals surface area contributed by atoms with Crippen LogP contribution in [-0.2, 0) is 0 Å². The number of aromatic carboxylic acids is 1. The average molecular weight is 224 g/mol. The minimum atomic E-state index is -0.955. The molecule has 1 aromatic heterocycles. The van der Waals surface area contributed by atoms with E-state index in [4.69, 9.17) is 10.2 Å². The number of nitrogens with one attached hydrogen (secondary N) is 1. The smallest absolute Gasteiger partial charge is 0.335 e. The molecule has 0 saturated carbocycles. The highest BCUT2D eigenvalue weighted by Crippen LogP contribution is 2.10. The van der Waals surface area contributed by atoms with Gasteiger partial charge in [-0.05, 0) is 31.9 Å². The summed E-state index contributed by atoms with van der Waals surface area (Å²) >= 11 is 0. The maximum absolute atomic E-state index is 10.8. The highest BCUT2D eigenvalue weighted by molar-refractivity contribution is 5.88. The van der Waals surface area contributed by atoms with E-state index in [1.54, 1.807) is 6.92 Å². The van der Waals surface area contributed by atoms with Gasteiger partial charge in [-0.2, -0.15) is 0 Å². The number of aromatic nitrogens is 1. The third-order valence-electron chi connectivity index (χ3n) is 2.09. The lowest BCUT2D eigenvalue weighted by molar-refractivity contribution is 0.0696. The number of aryl methyl sites for hydroxylation is 1. The number of anilines is 1. The number of hydrogen-bond acceptors (Lipinski definition) is 4. The van der Waals surface area contributed by atoms with E-state index in [2.05, 4.69) is 10.3 Å². The molecule has 3 N–H and O–H groups in total. The van der Waals surface area contributed by atoms with Crippen LogP contribution < -0.4 is 5.32 Å². The van der Waals surface area contributed by atoms with Crippen LogP contribution in [0.15, 0.2) is 12.1 Å². The Morgan fingerprint density at radius 3 is 2.81 bits per heavy atom. The molecule has 1 rings (SSSR count). The van der Waals surface area contributed by atoms with Gasteiger partial charge in [0, 0.05) is 18.8 Å². The van der Waals surface area contributed by atoms with Crippen molar-refractivity contribution in [2.45, 2.75) is 19.8 Å². The normalized spacial score (nSPS) is 10.1. The predicted octanol–water partition coefficient (Wildman–Crippen LogP) is 1.27. The Kier molecular flexibility index (Phi) is 4.72. The second kappa shape index (κ2) is 6.07. The SMILES string of the molecule is Cc1cc(C(=O)O)cc(NCCCCO)n1. The van der Waals surface area contributed by atoms with E-state index in [0.29, 0.717) is 18.1 Å². The van der Waals surface area contributed by atoms with Crippen molar-refractivity contribution in [3.05, 3.63) is 23.4 Å². The van der Waals surface area contributed by atoms with E-state index < -0.39 is 5.97 Å². The van der Waals surface area contributed by atoms with E-state index in [1.165, 1.54) is 12.1 Å². The number of pyridine rings is 1. The van der Waals surface area contributed by atoms with Crippen LogP contribution in [0.3, 0.4) is 0 Å². The van der Waals surface area contributed by atoms with E-state index >= 15 is 0 Å². The van der Waals surface area contributed by atoms with Crippen molar-refractivity contribution in [3.8, 4) is 0 Å². The summed E-state index contributed by atoms with van der Waals surface area (Å²) in [6.07, 6.45) is 1.55. The van der Waals surface area contributed by atoms with Gasteiger partial charge in [0.25, 0.3) is 0 Å². The molecule has 0 radical (unpaired) electrons. The Balaban J connectivity index is 2.62. The molecule has 0 aliphatic rings. The summed E-state index contributed by atoms with van der Waals surface area (Å²) in [6.45, 7) is 2.60. The summed E-state index contributed by atoms with van der Waals surface area (Å²) in [5.41, 5.74) is 0.904. The van der Waals surface area contributed by atoms with Crippen LogP contribution in [0.1, 0.15) is 28.9 Å². The number of nitrogens with zero attached hydrogens (tertiary/aromatic N) is 1. The van der Waals surface area contributed by atoms with Crippen LogP contribution in [0, 0.1) is 6.92 Å². The number of unbranched alkanes of at least 4 members (excludes halogenated alkanes) is 1. The number of hydrogen-bond donors (Lipinski definition) is 3. The lowest BCUT2D eigenvalue weighted by Gasteiger charge is -2.06. The zero-order chi connectivity index (χ0) is 12.0. The molecule has 5 nitrogen and oxygen atoms in total. The number of carboxylic acids is 1. The Morgan fingerprint density at radius 1 is 1.44 bits per heavy atom. The summed E-state index contributed by atoms with van der Waals surface area (Å²) in [6, 6.07) is 3.04. The fourth-order valence-electron chi connectivity index (χ4n) is 1.34. The van der Waals surface area contributed by atoms with Crippen molar-refractivity contribution < 1.29 is 15.0 Å². The highest BCUT2D eigenvalue weighted by Gasteiger charge is 2.05. The first-order chi connectivity index (χ1) is 7.63. The molecular formula is C11H16N2O3. The quantitative estimate of drug-likeness (QED) is 0.634. The summed E-state index contributed by atoms with van der Waals surface area (Å²) in [7, 11) is 0. The second-order valence-corrected chi connectivity index (χ2v) is 3.55. The van der Waals surface area contributed by atoms with Gasteiger partial charge in [0.1, 0.15) is 5.82 Å². The second-order valence-electron chi connectivity index (χ2n) is 3.55. The summed E-state index contributed by atoms with van der Waals surface area (Å²) in [5, 5.41) is 20.5. The van der Waals surface area contributed by atoms with E-state index in [9.17, 15) is 4.79 Å². The van der Waals surface area contributed by atoms with Crippen molar-refractivity contribution in [1.82, 2.24) is 4.98 Å². The van der Waals surface area contributed by atoms with Gasteiger partial charge in [-0.3, -0.25) is 0 Å². The van der Waals surface area contributed by atoms with Crippen molar-refractivity contribution in [1.29, 1.82) is 0 Å².